The van der Waals surface area contributed by atoms with E-state index in [4.69, 9.17) is 10.6 Å². The van der Waals surface area contributed by atoms with Gasteiger partial charge in [-0.05, 0) is 11.7 Å². The van der Waals surface area contributed by atoms with Gasteiger partial charge in [0.2, 0.25) is 0 Å². The third-order valence-electron chi connectivity index (χ3n) is 0.329. The van der Waals surface area contributed by atoms with Crippen molar-refractivity contribution in [2.75, 3.05) is 6.61 Å². The van der Waals surface area contributed by atoms with Gasteiger partial charge in [-0.3, -0.25) is 0 Å². The van der Waals surface area contributed by atoms with Crippen molar-refractivity contribution in [1.82, 2.24) is 0 Å². The summed E-state index contributed by atoms with van der Waals surface area (Å²) >= 11 is 0. The molecule has 0 aromatic carbocycles. The smallest absolute Gasteiger partial charge is 0.0614 e. The van der Waals surface area contributed by atoms with Crippen molar-refractivity contribution >= 4 is 0 Å². The van der Waals surface area contributed by atoms with Crippen molar-refractivity contribution in [3.05, 3.63) is 22.7 Å². The van der Waals surface area contributed by atoms with E-state index in [1.54, 1.807) is 0 Å². The minimum absolute atomic E-state index is 0.0843. The quantitative estimate of drug-likeness (QED) is 0.310. The van der Waals surface area contributed by atoms with Crippen LogP contribution < -0.4 is 0 Å². The first-order valence-electron chi connectivity index (χ1n) is 1.72. The SMILES string of the molecule is [N-]=[N+]=NC=CCO. The normalized spacial score (nSPS) is 8.71. The maximum absolute atomic E-state index is 8.02. The van der Waals surface area contributed by atoms with Crippen molar-refractivity contribution in [3.8, 4) is 0 Å². The van der Waals surface area contributed by atoms with E-state index in [1.807, 2.05) is 0 Å². The van der Waals surface area contributed by atoms with Crippen molar-refractivity contribution in [2.24, 2.45) is 5.11 Å². The molecular formula is C3H5N3O. The van der Waals surface area contributed by atoms with E-state index in [0.717, 1.165) is 0 Å². The zero-order chi connectivity index (χ0) is 5.54. The number of rotatable bonds is 2. The highest BCUT2D eigenvalue weighted by molar-refractivity contribution is 4.77. The molecule has 0 saturated heterocycles. The third kappa shape index (κ3) is 5.01. The summed E-state index contributed by atoms with van der Waals surface area (Å²) in [6, 6.07) is 0. The third-order valence-corrected chi connectivity index (χ3v) is 0.329. The molecule has 0 amide bonds. The maximum atomic E-state index is 8.02. The van der Waals surface area contributed by atoms with E-state index in [1.165, 1.54) is 12.3 Å². The molecule has 0 atom stereocenters. The van der Waals surface area contributed by atoms with E-state index in [2.05, 4.69) is 10.0 Å². The molecule has 0 aliphatic carbocycles. The molecule has 0 radical (unpaired) electrons. The molecule has 0 spiro atoms. The fourth-order valence-electron chi connectivity index (χ4n) is 0.124. The molecule has 0 heterocycles. The number of hydrogen-bond acceptors (Lipinski definition) is 2. The van der Waals surface area contributed by atoms with Crippen LogP contribution in [0.2, 0.25) is 0 Å². The Bertz CT molecular complexity index is 103. The fourth-order valence-corrected chi connectivity index (χ4v) is 0.124. The Morgan fingerprint density at radius 2 is 2.57 bits per heavy atom. The largest absolute Gasteiger partial charge is 0.392 e. The highest BCUT2D eigenvalue weighted by atomic mass is 16.2. The van der Waals surface area contributed by atoms with Crippen LogP contribution >= 0.6 is 0 Å². The molecule has 0 rings (SSSR count). The molecule has 0 aliphatic heterocycles. The Kier molecular flexibility index (Phi) is 4.30. The summed E-state index contributed by atoms with van der Waals surface area (Å²) in [7, 11) is 0. The topological polar surface area (TPSA) is 69.0 Å². The van der Waals surface area contributed by atoms with Crippen LogP contribution in [0.5, 0.6) is 0 Å². The van der Waals surface area contributed by atoms with E-state index < -0.39 is 0 Å². The van der Waals surface area contributed by atoms with Gasteiger partial charge in [0.1, 0.15) is 0 Å². The van der Waals surface area contributed by atoms with Gasteiger partial charge in [0.05, 0.1) is 6.61 Å². The van der Waals surface area contributed by atoms with Gasteiger partial charge < -0.3 is 5.11 Å². The summed E-state index contributed by atoms with van der Waals surface area (Å²) in [6.45, 7) is -0.0843. The van der Waals surface area contributed by atoms with E-state index >= 15 is 0 Å². The molecular weight excluding hydrogens is 94.1 g/mol. The number of aliphatic hydroxyl groups is 1. The van der Waals surface area contributed by atoms with Gasteiger partial charge >= 0.3 is 0 Å². The number of aliphatic hydroxyl groups excluding tert-OH is 1. The Morgan fingerprint density at radius 1 is 1.86 bits per heavy atom. The Morgan fingerprint density at radius 3 is 3.00 bits per heavy atom. The molecule has 0 fully saturated rings. The number of azide groups is 1. The molecule has 7 heavy (non-hydrogen) atoms. The lowest BCUT2D eigenvalue weighted by molar-refractivity contribution is 0.342. The van der Waals surface area contributed by atoms with Crippen molar-refractivity contribution in [2.45, 2.75) is 0 Å². The predicted molar refractivity (Wildman–Crippen MR) is 25.4 cm³/mol. The van der Waals surface area contributed by atoms with Crippen molar-refractivity contribution < 1.29 is 5.11 Å². The molecule has 4 nitrogen and oxygen atoms in total. The molecule has 38 valence electrons. The summed E-state index contributed by atoms with van der Waals surface area (Å²) in [5.41, 5.74) is 7.62. The minimum Gasteiger partial charge on any atom is -0.392 e. The molecule has 4 heteroatoms. The lowest BCUT2D eigenvalue weighted by atomic mass is 10.7. The van der Waals surface area contributed by atoms with Crippen LogP contribution in [0.15, 0.2) is 17.4 Å². The van der Waals surface area contributed by atoms with Crippen LogP contribution in [0.4, 0.5) is 0 Å². The molecule has 0 unspecified atom stereocenters. The van der Waals surface area contributed by atoms with Crippen LogP contribution in [0.1, 0.15) is 0 Å². The van der Waals surface area contributed by atoms with E-state index in [9.17, 15) is 0 Å². The summed E-state index contributed by atoms with van der Waals surface area (Å²) in [5.74, 6) is 0. The second kappa shape index (κ2) is 5.01. The van der Waals surface area contributed by atoms with Gasteiger partial charge in [0.15, 0.2) is 0 Å². The van der Waals surface area contributed by atoms with Crippen molar-refractivity contribution in [3.63, 3.8) is 0 Å². The van der Waals surface area contributed by atoms with Crippen LogP contribution in [-0.2, 0) is 0 Å². The zero-order valence-corrected chi connectivity index (χ0v) is 3.65. The van der Waals surface area contributed by atoms with Crippen LogP contribution in [0.3, 0.4) is 0 Å². The maximum Gasteiger partial charge on any atom is 0.0614 e. The summed E-state index contributed by atoms with van der Waals surface area (Å²) in [5, 5.41) is 11.0. The van der Waals surface area contributed by atoms with Crippen LogP contribution in [-0.4, -0.2) is 11.7 Å². The molecule has 0 aliphatic rings. The van der Waals surface area contributed by atoms with Crippen LogP contribution in [0.25, 0.3) is 10.4 Å². The molecule has 0 saturated carbocycles. The molecule has 0 aromatic rings. The monoisotopic (exact) mass is 99.0 g/mol. The first-order chi connectivity index (χ1) is 3.41. The van der Waals surface area contributed by atoms with Crippen molar-refractivity contribution in [1.29, 1.82) is 0 Å². The Balaban J connectivity index is 3.27. The standard InChI is InChI=1S/C3H5N3O/c4-6-5-2-1-3-7/h1-2,7H,3H2. The highest BCUT2D eigenvalue weighted by Gasteiger charge is 1.58. The molecule has 0 bridgehead atoms. The van der Waals surface area contributed by atoms with Gasteiger partial charge in [-0.2, -0.15) is 0 Å². The molecule has 1 N–H and O–H groups in total. The Labute approximate surface area is 40.7 Å². The number of nitrogens with zero attached hydrogens (tertiary/aromatic N) is 3. The predicted octanol–water partition coefficient (Wildman–Crippen LogP) is 0.803. The fraction of sp³-hybridized carbons (Fsp3) is 0.333. The molecule has 0 aromatic heterocycles. The minimum atomic E-state index is -0.0843. The lowest BCUT2D eigenvalue weighted by Gasteiger charge is -1.67. The lowest BCUT2D eigenvalue weighted by Crippen LogP contribution is -1.66. The van der Waals surface area contributed by atoms with Gasteiger partial charge in [-0.1, -0.05) is 11.2 Å². The summed E-state index contributed by atoms with van der Waals surface area (Å²) in [6.07, 6.45) is 2.54. The van der Waals surface area contributed by atoms with Gasteiger partial charge in [-0.25, -0.2) is 0 Å². The van der Waals surface area contributed by atoms with E-state index in [-0.39, 0.29) is 6.61 Å². The van der Waals surface area contributed by atoms with Gasteiger partial charge in [0, 0.05) is 4.91 Å². The Hall–Kier alpha value is -0.990. The van der Waals surface area contributed by atoms with Gasteiger partial charge in [0.25, 0.3) is 0 Å². The van der Waals surface area contributed by atoms with Crippen LogP contribution in [0, 0.1) is 0 Å². The summed E-state index contributed by atoms with van der Waals surface area (Å²) < 4.78 is 0. The van der Waals surface area contributed by atoms with Gasteiger partial charge in [-0.15, -0.1) is 0 Å². The second-order valence-electron chi connectivity index (χ2n) is 0.772. The highest BCUT2D eigenvalue weighted by Crippen LogP contribution is 1.71. The average Bonchev–Trinajstić information content (AvgIpc) is 1.69. The second-order valence-corrected chi connectivity index (χ2v) is 0.772. The van der Waals surface area contributed by atoms with E-state index in [0.29, 0.717) is 0 Å². The summed E-state index contributed by atoms with van der Waals surface area (Å²) in [4.78, 5) is 2.40. The average molecular weight is 99.1 g/mol. The number of hydrogen-bond donors (Lipinski definition) is 1. The zero-order valence-electron chi connectivity index (χ0n) is 3.65. The first kappa shape index (κ1) is 6.01. The first-order valence-corrected chi connectivity index (χ1v) is 1.72.